The van der Waals surface area contributed by atoms with Gasteiger partial charge in [-0.2, -0.15) is 0 Å². The van der Waals surface area contributed by atoms with E-state index in [2.05, 4.69) is 10.6 Å². The van der Waals surface area contributed by atoms with Gasteiger partial charge in [0.25, 0.3) is 5.91 Å². The van der Waals surface area contributed by atoms with Crippen molar-refractivity contribution >= 4 is 35.2 Å². The fraction of sp³-hybridized carbons (Fsp3) is 0.263. The van der Waals surface area contributed by atoms with Crippen LogP contribution in [0.15, 0.2) is 47.4 Å². The normalized spacial score (nSPS) is 15.8. The van der Waals surface area contributed by atoms with Crippen LogP contribution in [0, 0.1) is 5.82 Å². The molecule has 0 bridgehead atoms. The minimum atomic E-state index is -0.315. The second kappa shape index (κ2) is 8.56. The van der Waals surface area contributed by atoms with Gasteiger partial charge in [-0.15, -0.1) is 11.8 Å². The molecule has 1 aliphatic rings. The maximum atomic E-state index is 13.5. The van der Waals surface area contributed by atoms with Gasteiger partial charge in [-0.3, -0.25) is 9.59 Å². The second-order valence-corrected chi connectivity index (χ2v) is 7.47. The average molecular weight is 393 g/mol. The van der Waals surface area contributed by atoms with Crippen LogP contribution in [0.5, 0.6) is 0 Å². The van der Waals surface area contributed by atoms with Crippen LogP contribution in [0.2, 0.25) is 5.02 Å². The van der Waals surface area contributed by atoms with Crippen molar-refractivity contribution in [1.82, 2.24) is 10.6 Å². The van der Waals surface area contributed by atoms with Gasteiger partial charge >= 0.3 is 0 Å². The van der Waals surface area contributed by atoms with Crippen LogP contribution >= 0.6 is 23.4 Å². The molecule has 26 heavy (non-hydrogen) atoms. The predicted molar refractivity (Wildman–Crippen MR) is 101 cm³/mol. The molecule has 2 amide bonds. The predicted octanol–water partition coefficient (Wildman–Crippen LogP) is 3.95. The number of nitrogens with one attached hydrogen (secondary N) is 2. The Bertz CT molecular complexity index is 831. The van der Waals surface area contributed by atoms with E-state index in [1.807, 2.05) is 0 Å². The lowest BCUT2D eigenvalue weighted by molar-refractivity contribution is -0.121. The number of amides is 2. The first-order valence-electron chi connectivity index (χ1n) is 8.29. The van der Waals surface area contributed by atoms with E-state index in [9.17, 15) is 14.0 Å². The number of halogens is 2. The molecule has 2 aromatic carbocycles. The zero-order valence-electron chi connectivity index (χ0n) is 13.9. The van der Waals surface area contributed by atoms with Gasteiger partial charge in [-0.05, 0) is 42.3 Å². The summed E-state index contributed by atoms with van der Waals surface area (Å²) in [6.07, 6.45) is 0.892. The molecule has 4 nitrogen and oxygen atoms in total. The minimum absolute atomic E-state index is 0.143. The number of hydrogen-bond donors (Lipinski definition) is 2. The molecule has 0 unspecified atom stereocenters. The molecule has 0 aromatic heterocycles. The minimum Gasteiger partial charge on any atom is -0.351 e. The quantitative estimate of drug-likeness (QED) is 0.809. The molecule has 0 saturated heterocycles. The smallest absolute Gasteiger partial charge is 0.252 e. The van der Waals surface area contributed by atoms with Crippen LogP contribution in [0.25, 0.3) is 0 Å². The molecule has 1 aliphatic heterocycles. The number of rotatable bonds is 5. The maximum Gasteiger partial charge on any atom is 0.252 e. The molecule has 1 atom stereocenters. The lowest BCUT2D eigenvalue weighted by atomic mass is 10.0. The van der Waals surface area contributed by atoms with Crippen molar-refractivity contribution < 1.29 is 14.0 Å². The average Bonchev–Trinajstić information content (AvgIpc) is 2.62. The van der Waals surface area contributed by atoms with Crippen LogP contribution in [0.4, 0.5) is 4.39 Å². The summed E-state index contributed by atoms with van der Waals surface area (Å²) in [5.41, 5.74) is 1.19. The molecule has 0 fully saturated rings. The van der Waals surface area contributed by atoms with Crippen molar-refractivity contribution in [3.8, 4) is 0 Å². The molecule has 0 saturated carbocycles. The molecule has 0 aliphatic carbocycles. The first-order valence-corrected chi connectivity index (χ1v) is 9.65. The van der Waals surface area contributed by atoms with E-state index >= 15 is 0 Å². The number of benzene rings is 2. The topological polar surface area (TPSA) is 58.2 Å². The standard InChI is InChI=1S/C19H18ClFN2O2S/c20-15-4-2-1-3-13(15)19(25)22-9-7-18(24)23-16-8-10-26-17-6-5-12(21)11-14(16)17/h1-6,11,16H,7-10H2,(H,22,25)(H,23,24)/t16-/m0/s1. The monoisotopic (exact) mass is 392 g/mol. The van der Waals surface area contributed by atoms with Crippen LogP contribution in [0.3, 0.4) is 0 Å². The van der Waals surface area contributed by atoms with E-state index in [4.69, 9.17) is 11.6 Å². The van der Waals surface area contributed by atoms with E-state index in [1.54, 1.807) is 42.1 Å². The number of carbonyl (C=O) groups is 2. The van der Waals surface area contributed by atoms with E-state index < -0.39 is 0 Å². The van der Waals surface area contributed by atoms with Crippen LogP contribution in [-0.4, -0.2) is 24.1 Å². The summed E-state index contributed by atoms with van der Waals surface area (Å²) in [4.78, 5) is 25.3. The fourth-order valence-electron chi connectivity index (χ4n) is 2.81. The first-order chi connectivity index (χ1) is 12.5. The van der Waals surface area contributed by atoms with Crippen molar-refractivity contribution in [3.05, 3.63) is 64.4 Å². The zero-order valence-corrected chi connectivity index (χ0v) is 15.5. The third kappa shape index (κ3) is 4.56. The molecular formula is C19H18ClFN2O2S. The summed E-state index contributed by atoms with van der Waals surface area (Å²) >= 11 is 7.64. The van der Waals surface area contributed by atoms with Crippen molar-refractivity contribution in [2.75, 3.05) is 12.3 Å². The van der Waals surface area contributed by atoms with Crippen molar-refractivity contribution in [2.24, 2.45) is 0 Å². The van der Waals surface area contributed by atoms with Gasteiger partial charge in [0.05, 0.1) is 16.6 Å². The molecule has 3 rings (SSSR count). The lowest BCUT2D eigenvalue weighted by Crippen LogP contribution is -2.34. The number of carbonyl (C=O) groups excluding carboxylic acids is 2. The van der Waals surface area contributed by atoms with Gasteiger partial charge in [-0.25, -0.2) is 4.39 Å². The summed E-state index contributed by atoms with van der Waals surface area (Å²) < 4.78 is 13.5. The maximum absolute atomic E-state index is 13.5. The Kier molecular flexibility index (Phi) is 6.16. The Hall–Kier alpha value is -2.05. The largest absolute Gasteiger partial charge is 0.351 e. The van der Waals surface area contributed by atoms with Crippen molar-refractivity contribution in [1.29, 1.82) is 0 Å². The second-order valence-electron chi connectivity index (χ2n) is 5.93. The summed E-state index contributed by atoms with van der Waals surface area (Å²) in [7, 11) is 0. The molecule has 2 aromatic rings. The zero-order chi connectivity index (χ0) is 18.5. The van der Waals surface area contributed by atoms with Crippen LogP contribution in [0.1, 0.15) is 34.8 Å². The Morgan fingerprint density at radius 1 is 1.23 bits per heavy atom. The Balaban J connectivity index is 1.52. The highest BCUT2D eigenvalue weighted by molar-refractivity contribution is 7.99. The highest BCUT2D eigenvalue weighted by Gasteiger charge is 2.22. The van der Waals surface area contributed by atoms with Crippen LogP contribution < -0.4 is 10.6 Å². The number of fused-ring (bicyclic) bond motifs is 1. The third-order valence-corrected chi connectivity index (χ3v) is 5.55. The van der Waals surface area contributed by atoms with E-state index in [-0.39, 0.29) is 36.6 Å². The summed E-state index contributed by atoms with van der Waals surface area (Å²) in [6, 6.07) is 11.2. The molecule has 0 spiro atoms. The summed E-state index contributed by atoms with van der Waals surface area (Å²) in [5.74, 6) is 0.0614. The van der Waals surface area contributed by atoms with Gasteiger partial charge in [0.1, 0.15) is 5.82 Å². The Morgan fingerprint density at radius 3 is 2.85 bits per heavy atom. The van der Waals surface area contributed by atoms with Gasteiger partial charge in [0, 0.05) is 23.6 Å². The summed E-state index contributed by atoms with van der Waals surface area (Å²) in [6.45, 7) is 0.202. The van der Waals surface area contributed by atoms with E-state index in [0.29, 0.717) is 10.6 Å². The summed E-state index contributed by atoms with van der Waals surface area (Å²) in [5, 5.41) is 5.99. The Morgan fingerprint density at radius 2 is 2.04 bits per heavy atom. The van der Waals surface area contributed by atoms with Gasteiger partial charge in [0.2, 0.25) is 5.91 Å². The molecule has 1 heterocycles. The number of hydrogen-bond acceptors (Lipinski definition) is 3. The van der Waals surface area contributed by atoms with Crippen molar-refractivity contribution in [3.63, 3.8) is 0 Å². The van der Waals surface area contributed by atoms with E-state index in [0.717, 1.165) is 22.6 Å². The first kappa shape index (κ1) is 18.7. The highest BCUT2D eigenvalue weighted by Crippen LogP contribution is 2.36. The SMILES string of the molecule is O=C(CCNC(=O)c1ccccc1Cl)N[C@H]1CCSc2ccc(F)cc21. The lowest BCUT2D eigenvalue weighted by Gasteiger charge is -2.26. The van der Waals surface area contributed by atoms with Gasteiger partial charge < -0.3 is 10.6 Å². The van der Waals surface area contributed by atoms with Crippen LogP contribution in [-0.2, 0) is 4.79 Å². The molecule has 0 radical (unpaired) electrons. The van der Waals surface area contributed by atoms with Gasteiger partial charge in [0.15, 0.2) is 0 Å². The third-order valence-electron chi connectivity index (χ3n) is 4.10. The molecular weight excluding hydrogens is 375 g/mol. The molecule has 2 N–H and O–H groups in total. The molecule has 7 heteroatoms. The fourth-order valence-corrected chi connectivity index (χ4v) is 4.14. The van der Waals surface area contributed by atoms with Gasteiger partial charge in [-0.1, -0.05) is 23.7 Å². The van der Waals surface area contributed by atoms with Crippen molar-refractivity contribution in [2.45, 2.75) is 23.8 Å². The Labute approximate surface area is 160 Å². The highest BCUT2D eigenvalue weighted by atomic mass is 35.5. The number of thioether (sulfide) groups is 1. The van der Waals surface area contributed by atoms with E-state index in [1.165, 1.54) is 12.1 Å². The molecule has 136 valence electrons.